The van der Waals surface area contributed by atoms with Crippen LogP contribution in [0.5, 0.6) is 0 Å². The van der Waals surface area contributed by atoms with E-state index in [-0.39, 0.29) is 0 Å². The molecule has 1 aromatic heterocycles. The summed E-state index contributed by atoms with van der Waals surface area (Å²) in [7, 11) is 0. The van der Waals surface area contributed by atoms with Gasteiger partial charge in [0.15, 0.2) is 5.82 Å². The predicted octanol–water partition coefficient (Wildman–Crippen LogP) is 4.43. The topological polar surface area (TPSA) is 43.6 Å². The maximum absolute atomic E-state index is 6.24. The molecule has 0 aliphatic heterocycles. The first-order valence-corrected chi connectivity index (χ1v) is 8.08. The van der Waals surface area contributed by atoms with E-state index in [4.69, 9.17) is 11.6 Å². The predicted molar refractivity (Wildman–Crippen MR) is 82.4 cm³/mol. The lowest BCUT2D eigenvalue weighted by molar-refractivity contribution is 0.422. The van der Waals surface area contributed by atoms with E-state index in [0.29, 0.717) is 5.92 Å². The lowest BCUT2D eigenvalue weighted by Crippen LogP contribution is -2.12. The number of nitrogens with zero attached hydrogens (tertiary/aromatic N) is 4. The summed E-state index contributed by atoms with van der Waals surface area (Å²) >= 11 is 9.82. The van der Waals surface area contributed by atoms with Crippen molar-refractivity contribution in [2.24, 2.45) is 0 Å². The van der Waals surface area contributed by atoms with E-state index in [9.17, 15) is 0 Å². The van der Waals surface area contributed by atoms with Crippen LogP contribution in [0.15, 0.2) is 16.6 Å². The van der Waals surface area contributed by atoms with Crippen molar-refractivity contribution in [3.63, 3.8) is 0 Å². The highest BCUT2D eigenvalue weighted by molar-refractivity contribution is 9.10. The Balaban J connectivity index is 2.03. The highest BCUT2D eigenvalue weighted by Crippen LogP contribution is 2.34. The second-order valence-electron chi connectivity index (χ2n) is 5.34. The maximum Gasteiger partial charge on any atom is 0.159 e. The minimum absolute atomic E-state index is 0.450. The third-order valence-electron chi connectivity index (χ3n) is 3.92. The number of benzene rings is 1. The molecule has 0 bridgehead atoms. The summed E-state index contributed by atoms with van der Waals surface area (Å²) in [4.78, 5) is 0. The van der Waals surface area contributed by atoms with Crippen LogP contribution in [0.4, 0.5) is 0 Å². The Bertz CT molecular complexity index is 620. The molecule has 106 valence electrons. The van der Waals surface area contributed by atoms with Crippen LogP contribution in [-0.2, 0) is 0 Å². The number of halogens is 2. The Hall–Kier alpha value is -0.940. The lowest BCUT2D eigenvalue weighted by atomic mass is 9.88. The summed E-state index contributed by atoms with van der Waals surface area (Å²) in [6.45, 7) is 1.98. The largest absolute Gasteiger partial charge is 0.196 e. The van der Waals surface area contributed by atoms with Crippen molar-refractivity contribution < 1.29 is 0 Å². The minimum Gasteiger partial charge on any atom is -0.196 e. The molecule has 1 aliphatic rings. The Kier molecular flexibility index (Phi) is 4.08. The molecule has 1 heterocycles. The minimum atomic E-state index is 0.450. The molecule has 0 saturated heterocycles. The van der Waals surface area contributed by atoms with Crippen LogP contribution < -0.4 is 0 Å². The molecule has 0 atom stereocenters. The van der Waals surface area contributed by atoms with Crippen LogP contribution in [0.3, 0.4) is 0 Å². The molecular formula is C14H16BrClN4. The molecule has 0 unspecified atom stereocenters. The lowest BCUT2D eigenvalue weighted by Gasteiger charge is -2.20. The summed E-state index contributed by atoms with van der Waals surface area (Å²) in [5.74, 6) is 1.40. The highest BCUT2D eigenvalue weighted by atomic mass is 79.9. The fourth-order valence-electron chi connectivity index (χ4n) is 2.78. The van der Waals surface area contributed by atoms with E-state index >= 15 is 0 Å². The zero-order valence-corrected chi connectivity index (χ0v) is 13.7. The summed E-state index contributed by atoms with van der Waals surface area (Å²) in [5, 5.41) is 13.0. The quantitative estimate of drug-likeness (QED) is 0.800. The molecule has 0 amide bonds. The van der Waals surface area contributed by atoms with Gasteiger partial charge in [-0.2, -0.15) is 4.68 Å². The van der Waals surface area contributed by atoms with Gasteiger partial charge < -0.3 is 0 Å². The molecule has 0 N–H and O–H groups in total. The molecule has 1 saturated carbocycles. The summed E-state index contributed by atoms with van der Waals surface area (Å²) in [6.07, 6.45) is 6.16. The van der Waals surface area contributed by atoms with Crippen molar-refractivity contribution in [2.45, 2.75) is 44.9 Å². The third-order valence-corrected chi connectivity index (χ3v) is 4.96. The second-order valence-corrected chi connectivity index (χ2v) is 6.60. The first kappa shape index (κ1) is 14.0. The molecular weight excluding hydrogens is 340 g/mol. The molecule has 20 heavy (non-hydrogen) atoms. The SMILES string of the molecule is Cc1cc(Br)c(-n2nnnc2C2CCCCC2)cc1Cl. The normalized spacial score (nSPS) is 16.6. The van der Waals surface area contributed by atoms with Gasteiger partial charge in [-0.3, -0.25) is 0 Å². The van der Waals surface area contributed by atoms with Crippen molar-refractivity contribution in [3.8, 4) is 5.69 Å². The molecule has 1 aliphatic carbocycles. The van der Waals surface area contributed by atoms with Gasteiger partial charge in [0.2, 0.25) is 0 Å². The molecule has 0 radical (unpaired) electrons. The van der Waals surface area contributed by atoms with Gasteiger partial charge in [-0.15, -0.1) is 5.10 Å². The van der Waals surface area contributed by atoms with Crippen LogP contribution in [0.25, 0.3) is 5.69 Å². The summed E-state index contributed by atoms with van der Waals surface area (Å²) in [5.41, 5.74) is 1.95. The number of tetrazole rings is 1. The maximum atomic E-state index is 6.24. The van der Waals surface area contributed by atoms with Gasteiger partial charge >= 0.3 is 0 Å². The van der Waals surface area contributed by atoms with Crippen molar-refractivity contribution in [1.82, 2.24) is 20.2 Å². The fourth-order valence-corrected chi connectivity index (χ4v) is 3.56. The van der Waals surface area contributed by atoms with Crippen molar-refractivity contribution in [1.29, 1.82) is 0 Å². The Morgan fingerprint density at radius 3 is 2.75 bits per heavy atom. The molecule has 1 fully saturated rings. The average Bonchev–Trinajstić information content (AvgIpc) is 2.93. The zero-order chi connectivity index (χ0) is 14.1. The number of hydrogen-bond acceptors (Lipinski definition) is 3. The summed E-state index contributed by atoms with van der Waals surface area (Å²) in [6, 6.07) is 3.92. The first-order valence-electron chi connectivity index (χ1n) is 6.91. The number of rotatable bonds is 2. The molecule has 2 aromatic rings. The zero-order valence-electron chi connectivity index (χ0n) is 11.3. The number of hydrogen-bond donors (Lipinski definition) is 0. The van der Waals surface area contributed by atoms with E-state index in [1.165, 1.54) is 19.3 Å². The van der Waals surface area contributed by atoms with Crippen LogP contribution in [0.2, 0.25) is 5.02 Å². The third kappa shape index (κ3) is 2.61. The van der Waals surface area contributed by atoms with E-state index in [1.807, 2.05) is 23.7 Å². The number of aryl methyl sites for hydroxylation is 1. The van der Waals surface area contributed by atoms with Gasteiger partial charge in [0.25, 0.3) is 0 Å². The fraction of sp³-hybridized carbons (Fsp3) is 0.500. The molecule has 3 rings (SSSR count). The highest BCUT2D eigenvalue weighted by Gasteiger charge is 2.23. The van der Waals surface area contributed by atoms with Crippen LogP contribution in [-0.4, -0.2) is 20.2 Å². The average molecular weight is 356 g/mol. The molecule has 6 heteroatoms. The molecule has 1 aromatic carbocycles. The van der Waals surface area contributed by atoms with Crippen molar-refractivity contribution >= 4 is 27.5 Å². The van der Waals surface area contributed by atoms with Gasteiger partial charge in [-0.25, -0.2) is 0 Å². The van der Waals surface area contributed by atoms with Crippen molar-refractivity contribution in [2.75, 3.05) is 0 Å². The Labute approximate surface area is 131 Å². The van der Waals surface area contributed by atoms with Gasteiger partial charge in [0.05, 0.1) is 5.69 Å². The second kappa shape index (κ2) is 5.82. The smallest absolute Gasteiger partial charge is 0.159 e. The van der Waals surface area contributed by atoms with E-state index in [1.54, 1.807) is 0 Å². The summed E-state index contributed by atoms with van der Waals surface area (Å²) < 4.78 is 2.79. The van der Waals surface area contributed by atoms with Gasteiger partial charge in [-0.05, 0) is 63.8 Å². The van der Waals surface area contributed by atoms with Gasteiger partial charge in [0.1, 0.15) is 0 Å². The van der Waals surface area contributed by atoms with E-state index in [2.05, 4.69) is 31.5 Å². The van der Waals surface area contributed by atoms with Gasteiger partial charge in [0, 0.05) is 15.4 Å². The molecule has 4 nitrogen and oxygen atoms in total. The Morgan fingerprint density at radius 1 is 1.25 bits per heavy atom. The first-order chi connectivity index (χ1) is 9.66. The van der Waals surface area contributed by atoms with E-state index < -0.39 is 0 Å². The van der Waals surface area contributed by atoms with Crippen LogP contribution in [0, 0.1) is 6.92 Å². The van der Waals surface area contributed by atoms with Crippen molar-refractivity contribution in [3.05, 3.63) is 33.0 Å². The Morgan fingerprint density at radius 2 is 2.00 bits per heavy atom. The monoisotopic (exact) mass is 354 g/mol. The standard InChI is InChI=1S/C14H16BrClN4/c1-9-7-11(15)13(8-12(9)16)20-14(17-18-19-20)10-5-3-2-4-6-10/h7-8,10H,2-6H2,1H3. The van der Waals surface area contributed by atoms with Crippen LogP contribution >= 0.6 is 27.5 Å². The molecule has 0 spiro atoms. The van der Waals surface area contributed by atoms with Crippen LogP contribution in [0.1, 0.15) is 49.4 Å². The number of aromatic nitrogens is 4. The van der Waals surface area contributed by atoms with Gasteiger partial charge in [-0.1, -0.05) is 30.9 Å². The van der Waals surface area contributed by atoms with E-state index in [0.717, 1.165) is 39.4 Å².